The Morgan fingerprint density at radius 2 is 2.00 bits per heavy atom. The van der Waals surface area contributed by atoms with E-state index in [9.17, 15) is 9.59 Å². The van der Waals surface area contributed by atoms with Crippen molar-refractivity contribution in [1.82, 2.24) is 20.0 Å². The predicted octanol–water partition coefficient (Wildman–Crippen LogP) is 1.67. The number of nitrogens with zero attached hydrogens (tertiary/aromatic N) is 4. The molecule has 0 aliphatic heterocycles. The fraction of sp³-hybridized carbons (Fsp3) is 0.188. The molecular weight excluding hydrogens is 312 g/mol. The lowest BCUT2D eigenvalue weighted by molar-refractivity contribution is 0.0733. The molecule has 0 saturated carbocycles. The molecule has 0 bridgehead atoms. The van der Waals surface area contributed by atoms with Crippen molar-refractivity contribution in [2.24, 2.45) is 0 Å². The van der Waals surface area contributed by atoms with Crippen LogP contribution in [0.1, 0.15) is 22.2 Å². The third-order valence-electron chi connectivity index (χ3n) is 3.23. The second-order valence-corrected chi connectivity index (χ2v) is 5.18. The molecule has 24 heavy (non-hydrogen) atoms. The van der Waals surface area contributed by atoms with Crippen LogP contribution >= 0.6 is 0 Å². The molecule has 3 heterocycles. The number of rotatable bonds is 4. The minimum atomic E-state index is -0.445. The van der Waals surface area contributed by atoms with E-state index in [4.69, 9.17) is 8.94 Å². The van der Waals surface area contributed by atoms with Crippen molar-refractivity contribution in [3.63, 3.8) is 0 Å². The number of pyridine rings is 1. The van der Waals surface area contributed by atoms with Crippen molar-refractivity contribution >= 4 is 5.91 Å². The lowest BCUT2D eigenvalue weighted by Gasteiger charge is -2.13. The Bertz CT molecular complexity index is 917. The summed E-state index contributed by atoms with van der Waals surface area (Å²) in [7, 11) is 1.56. The van der Waals surface area contributed by atoms with Crippen LogP contribution in [-0.2, 0) is 6.54 Å². The molecule has 0 aromatic carbocycles. The van der Waals surface area contributed by atoms with Gasteiger partial charge in [-0.05, 0) is 19.1 Å². The largest absolute Gasteiger partial charge is 0.456 e. The molecule has 3 rings (SSSR count). The fourth-order valence-corrected chi connectivity index (χ4v) is 2.11. The van der Waals surface area contributed by atoms with Crippen molar-refractivity contribution in [3.05, 3.63) is 64.3 Å². The van der Waals surface area contributed by atoms with Gasteiger partial charge in [0.25, 0.3) is 5.91 Å². The average molecular weight is 326 g/mol. The van der Waals surface area contributed by atoms with E-state index in [0.29, 0.717) is 11.6 Å². The summed E-state index contributed by atoms with van der Waals surface area (Å²) in [6.45, 7) is 1.70. The molecule has 0 saturated heterocycles. The first kappa shape index (κ1) is 15.6. The number of aromatic nitrogens is 3. The molecule has 3 aromatic heterocycles. The number of hydrogen-bond acceptors (Lipinski definition) is 7. The maximum Gasteiger partial charge on any atom is 0.289 e. The van der Waals surface area contributed by atoms with Gasteiger partial charge in [-0.15, -0.1) is 0 Å². The minimum Gasteiger partial charge on any atom is -0.456 e. The molecule has 1 amide bonds. The molecule has 122 valence electrons. The molecule has 0 aliphatic carbocycles. The van der Waals surface area contributed by atoms with Crippen LogP contribution in [0, 0.1) is 6.92 Å². The molecule has 8 heteroatoms. The third kappa shape index (κ3) is 3.37. The van der Waals surface area contributed by atoms with Gasteiger partial charge in [-0.25, -0.2) is 0 Å². The number of carbonyl (C=O) groups excluding carboxylic acids is 1. The Morgan fingerprint density at radius 3 is 2.71 bits per heavy atom. The van der Waals surface area contributed by atoms with E-state index in [1.54, 1.807) is 38.5 Å². The van der Waals surface area contributed by atoms with Gasteiger partial charge in [0, 0.05) is 37.1 Å². The van der Waals surface area contributed by atoms with Crippen molar-refractivity contribution in [3.8, 4) is 11.4 Å². The quantitative estimate of drug-likeness (QED) is 0.718. The standard InChI is InChI=1S/C16H14N4O4/c1-10-7-12(21)8-13(23-10)16(22)20(2)9-14-18-15(19-24-14)11-3-5-17-6-4-11/h3-8H,9H2,1-2H3. The third-order valence-corrected chi connectivity index (χ3v) is 3.23. The lowest BCUT2D eigenvalue weighted by Crippen LogP contribution is -2.27. The van der Waals surface area contributed by atoms with Gasteiger partial charge in [-0.2, -0.15) is 4.98 Å². The zero-order chi connectivity index (χ0) is 17.1. The Hall–Kier alpha value is -3.29. The molecule has 0 atom stereocenters. The molecule has 0 spiro atoms. The summed E-state index contributed by atoms with van der Waals surface area (Å²) in [5, 5.41) is 3.87. The fourth-order valence-electron chi connectivity index (χ4n) is 2.11. The van der Waals surface area contributed by atoms with Crippen LogP contribution in [0.15, 0.2) is 50.4 Å². The molecule has 0 N–H and O–H groups in total. The molecular formula is C16H14N4O4. The zero-order valence-electron chi connectivity index (χ0n) is 13.1. The highest BCUT2D eigenvalue weighted by Crippen LogP contribution is 2.15. The Balaban J connectivity index is 1.75. The summed E-state index contributed by atoms with van der Waals surface area (Å²) in [6.07, 6.45) is 3.25. The zero-order valence-corrected chi connectivity index (χ0v) is 13.1. The highest BCUT2D eigenvalue weighted by Gasteiger charge is 2.18. The van der Waals surface area contributed by atoms with Crippen LogP contribution in [0.25, 0.3) is 11.4 Å². The van der Waals surface area contributed by atoms with Crippen molar-refractivity contribution in [1.29, 1.82) is 0 Å². The Kier molecular flexibility index (Phi) is 4.19. The normalized spacial score (nSPS) is 10.6. The number of carbonyl (C=O) groups is 1. The van der Waals surface area contributed by atoms with E-state index >= 15 is 0 Å². The van der Waals surface area contributed by atoms with Gasteiger partial charge < -0.3 is 13.8 Å². The first-order valence-electron chi connectivity index (χ1n) is 7.13. The van der Waals surface area contributed by atoms with Gasteiger partial charge in [-0.3, -0.25) is 14.6 Å². The summed E-state index contributed by atoms with van der Waals surface area (Å²) in [5.74, 6) is 0.579. The first-order valence-corrected chi connectivity index (χ1v) is 7.13. The van der Waals surface area contributed by atoms with E-state index < -0.39 is 5.91 Å². The second-order valence-electron chi connectivity index (χ2n) is 5.18. The van der Waals surface area contributed by atoms with Gasteiger partial charge in [-0.1, -0.05) is 5.16 Å². The van der Waals surface area contributed by atoms with Crippen LogP contribution in [0.3, 0.4) is 0 Å². The summed E-state index contributed by atoms with van der Waals surface area (Å²) < 4.78 is 10.4. The number of aryl methyl sites for hydroxylation is 1. The van der Waals surface area contributed by atoms with Crippen LogP contribution in [0.5, 0.6) is 0 Å². The van der Waals surface area contributed by atoms with Gasteiger partial charge in [0.15, 0.2) is 11.2 Å². The van der Waals surface area contributed by atoms with E-state index in [1.807, 2.05) is 0 Å². The van der Waals surface area contributed by atoms with Crippen LogP contribution in [-0.4, -0.2) is 33.0 Å². The summed E-state index contributed by atoms with van der Waals surface area (Å²) in [5.41, 5.74) is 0.479. The molecule has 0 radical (unpaired) electrons. The van der Waals surface area contributed by atoms with Crippen molar-refractivity contribution in [2.45, 2.75) is 13.5 Å². The highest BCUT2D eigenvalue weighted by molar-refractivity contribution is 5.91. The molecule has 0 aliphatic rings. The smallest absolute Gasteiger partial charge is 0.289 e. The van der Waals surface area contributed by atoms with Crippen molar-refractivity contribution in [2.75, 3.05) is 7.05 Å². The van der Waals surface area contributed by atoms with E-state index in [-0.39, 0.29) is 23.6 Å². The molecule has 3 aromatic rings. The van der Waals surface area contributed by atoms with Crippen LogP contribution in [0.2, 0.25) is 0 Å². The van der Waals surface area contributed by atoms with Crippen LogP contribution < -0.4 is 5.43 Å². The van der Waals surface area contributed by atoms with Crippen LogP contribution in [0.4, 0.5) is 0 Å². The van der Waals surface area contributed by atoms with E-state index in [2.05, 4.69) is 15.1 Å². The van der Waals surface area contributed by atoms with Gasteiger partial charge in [0.1, 0.15) is 12.3 Å². The van der Waals surface area contributed by atoms with Gasteiger partial charge >= 0.3 is 0 Å². The minimum absolute atomic E-state index is 0.0311. The predicted molar refractivity (Wildman–Crippen MR) is 83.0 cm³/mol. The van der Waals surface area contributed by atoms with Crippen molar-refractivity contribution < 1.29 is 13.7 Å². The highest BCUT2D eigenvalue weighted by atomic mass is 16.5. The Morgan fingerprint density at radius 1 is 1.25 bits per heavy atom. The number of amides is 1. The van der Waals surface area contributed by atoms with E-state index in [1.165, 1.54) is 11.0 Å². The maximum absolute atomic E-state index is 12.3. The maximum atomic E-state index is 12.3. The number of hydrogen-bond donors (Lipinski definition) is 0. The lowest BCUT2D eigenvalue weighted by atomic mass is 10.2. The summed E-state index contributed by atoms with van der Waals surface area (Å²) >= 11 is 0. The molecule has 0 fully saturated rings. The monoisotopic (exact) mass is 326 g/mol. The topological polar surface area (TPSA) is 102 Å². The van der Waals surface area contributed by atoms with Gasteiger partial charge in [0.05, 0.1) is 0 Å². The molecule has 8 nitrogen and oxygen atoms in total. The Labute approximate surface area is 136 Å². The summed E-state index contributed by atoms with van der Waals surface area (Å²) in [4.78, 5) is 33.3. The average Bonchev–Trinajstić information content (AvgIpc) is 3.02. The molecule has 0 unspecified atom stereocenters. The first-order chi connectivity index (χ1) is 11.5. The second kappa shape index (κ2) is 6.45. The SMILES string of the molecule is Cc1cc(=O)cc(C(=O)N(C)Cc2nc(-c3ccncc3)no2)o1. The van der Waals surface area contributed by atoms with E-state index in [0.717, 1.165) is 11.6 Å². The van der Waals surface area contributed by atoms with Gasteiger partial charge in [0.2, 0.25) is 11.7 Å². The summed E-state index contributed by atoms with van der Waals surface area (Å²) in [6, 6.07) is 5.98.